The minimum Gasteiger partial charge on any atom is -0.481 e. The van der Waals surface area contributed by atoms with Crippen molar-refractivity contribution < 1.29 is 14.7 Å². The highest BCUT2D eigenvalue weighted by Crippen LogP contribution is 2.45. The topological polar surface area (TPSA) is 84.2 Å². The summed E-state index contributed by atoms with van der Waals surface area (Å²) in [7, 11) is 0. The minimum absolute atomic E-state index is 0.171. The SMILES string of the molecule is CC(C)(C)n1nc(C(=O)NCC2(C(=O)O)CC2)cc1C1CC1. The Balaban J connectivity index is 1.74. The second-order valence-electron chi connectivity index (χ2n) is 7.58. The zero-order chi connectivity index (χ0) is 16.1. The van der Waals surface area contributed by atoms with Crippen LogP contribution in [0.2, 0.25) is 0 Å². The summed E-state index contributed by atoms with van der Waals surface area (Å²) in [4.78, 5) is 23.4. The van der Waals surface area contributed by atoms with Gasteiger partial charge in [0.2, 0.25) is 0 Å². The van der Waals surface area contributed by atoms with Gasteiger partial charge in [-0.3, -0.25) is 14.3 Å². The third kappa shape index (κ3) is 2.74. The lowest BCUT2D eigenvalue weighted by Crippen LogP contribution is -2.34. The fraction of sp³-hybridized carbons (Fsp3) is 0.688. The molecule has 2 fully saturated rings. The zero-order valence-electron chi connectivity index (χ0n) is 13.3. The predicted molar refractivity (Wildman–Crippen MR) is 80.8 cm³/mol. The average Bonchev–Trinajstić information content (AvgIpc) is 3.33. The summed E-state index contributed by atoms with van der Waals surface area (Å²) < 4.78 is 1.93. The molecule has 0 atom stereocenters. The second-order valence-corrected chi connectivity index (χ2v) is 7.58. The molecule has 2 aliphatic rings. The largest absolute Gasteiger partial charge is 0.481 e. The lowest BCUT2D eigenvalue weighted by molar-refractivity contribution is -0.143. The van der Waals surface area contributed by atoms with Crippen molar-refractivity contribution in [2.75, 3.05) is 6.54 Å². The summed E-state index contributed by atoms with van der Waals surface area (Å²) in [6.07, 6.45) is 3.55. The van der Waals surface area contributed by atoms with Crippen molar-refractivity contribution in [1.29, 1.82) is 0 Å². The number of amides is 1. The molecule has 0 unspecified atom stereocenters. The van der Waals surface area contributed by atoms with Crippen LogP contribution in [0.4, 0.5) is 0 Å². The van der Waals surface area contributed by atoms with E-state index in [1.54, 1.807) is 0 Å². The molecule has 0 aliphatic heterocycles. The molecule has 120 valence electrons. The van der Waals surface area contributed by atoms with Crippen molar-refractivity contribution in [3.05, 3.63) is 17.5 Å². The predicted octanol–water partition coefficient (Wildman–Crippen LogP) is 2.11. The molecule has 6 nitrogen and oxygen atoms in total. The first-order valence-electron chi connectivity index (χ1n) is 7.85. The molecule has 1 aromatic heterocycles. The van der Waals surface area contributed by atoms with Gasteiger partial charge in [0.1, 0.15) is 5.69 Å². The van der Waals surface area contributed by atoms with Gasteiger partial charge in [0, 0.05) is 18.2 Å². The Morgan fingerprint density at radius 1 is 1.41 bits per heavy atom. The van der Waals surface area contributed by atoms with E-state index in [0.29, 0.717) is 24.5 Å². The van der Waals surface area contributed by atoms with Crippen LogP contribution < -0.4 is 5.32 Å². The van der Waals surface area contributed by atoms with Gasteiger partial charge >= 0.3 is 5.97 Å². The molecule has 0 spiro atoms. The molecule has 2 saturated carbocycles. The smallest absolute Gasteiger partial charge is 0.311 e. The van der Waals surface area contributed by atoms with Gasteiger partial charge < -0.3 is 10.4 Å². The molecule has 2 N–H and O–H groups in total. The van der Waals surface area contributed by atoms with Crippen LogP contribution in [0.1, 0.15) is 68.6 Å². The van der Waals surface area contributed by atoms with E-state index in [4.69, 9.17) is 5.11 Å². The van der Waals surface area contributed by atoms with Crippen LogP contribution >= 0.6 is 0 Å². The van der Waals surface area contributed by atoms with E-state index in [1.165, 1.54) is 0 Å². The molecule has 1 aromatic rings. The Morgan fingerprint density at radius 2 is 2.05 bits per heavy atom. The molecule has 2 aliphatic carbocycles. The maximum absolute atomic E-state index is 12.3. The van der Waals surface area contributed by atoms with Crippen molar-refractivity contribution in [2.45, 2.75) is 57.9 Å². The van der Waals surface area contributed by atoms with E-state index < -0.39 is 11.4 Å². The molecule has 1 heterocycles. The Bertz CT molecular complexity index is 619. The van der Waals surface area contributed by atoms with E-state index in [-0.39, 0.29) is 18.0 Å². The highest BCUT2D eigenvalue weighted by Gasteiger charge is 2.50. The van der Waals surface area contributed by atoms with E-state index in [0.717, 1.165) is 18.5 Å². The number of carbonyl (C=O) groups is 2. The molecule has 6 heteroatoms. The zero-order valence-corrected chi connectivity index (χ0v) is 13.3. The summed E-state index contributed by atoms with van der Waals surface area (Å²) in [5.41, 5.74) is 0.576. The van der Waals surface area contributed by atoms with Crippen molar-refractivity contribution in [3.63, 3.8) is 0 Å². The van der Waals surface area contributed by atoms with Gasteiger partial charge in [-0.15, -0.1) is 0 Å². The lowest BCUT2D eigenvalue weighted by Gasteiger charge is -2.22. The van der Waals surface area contributed by atoms with Gasteiger partial charge in [-0.25, -0.2) is 0 Å². The number of aliphatic carboxylic acids is 1. The van der Waals surface area contributed by atoms with Crippen molar-refractivity contribution in [3.8, 4) is 0 Å². The fourth-order valence-electron chi connectivity index (χ4n) is 2.67. The first-order chi connectivity index (χ1) is 10.2. The van der Waals surface area contributed by atoms with Gasteiger partial charge in [-0.1, -0.05) is 0 Å². The number of carbonyl (C=O) groups excluding carboxylic acids is 1. The maximum Gasteiger partial charge on any atom is 0.311 e. The minimum atomic E-state index is -0.827. The number of nitrogens with one attached hydrogen (secondary N) is 1. The molecule has 3 rings (SSSR count). The van der Waals surface area contributed by atoms with Crippen LogP contribution in [0.5, 0.6) is 0 Å². The summed E-state index contributed by atoms with van der Waals surface area (Å²) in [5.74, 6) is -0.605. The molecule has 0 aromatic carbocycles. The number of hydrogen-bond acceptors (Lipinski definition) is 3. The summed E-state index contributed by atoms with van der Waals surface area (Å²) in [6.45, 7) is 6.38. The van der Waals surface area contributed by atoms with Crippen molar-refractivity contribution in [2.24, 2.45) is 5.41 Å². The highest BCUT2D eigenvalue weighted by molar-refractivity contribution is 5.93. The number of hydrogen-bond donors (Lipinski definition) is 2. The Hall–Kier alpha value is -1.85. The van der Waals surface area contributed by atoms with E-state index >= 15 is 0 Å². The van der Waals surface area contributed by atoms with Crippen LogP contribution in [-0.4, -0.2) is 33.3 Å². The van der Waals surface area contributed by atoms with Crippen molar-refractivity contribution in [1.82, 2.24) is 15.1 Å². The maximum atomic E-state index is 12.3. The molecule has 1 amide bonds. The number of rotatable bonds is 5. The summed E-state index contributed by atoms with van der Waals surface area (Å²) in [6, 6.07) is 1.86. The number of carboxylic acid groups (broad SMARTS) is 1. The van der Waals surface area contributed by atoms with E-state index in [9.17, 15) is 9.59 Å². The number of aromatic nitrogens is 2. The summed E-state index contributed by atoms with van der Waals surface area (Å²) >= 11 is 0. The van der Waals surface area contributed by atoms with Crippen LogP contribution in [-0.2, 0) is 10.3 Å². The summed E-state index contributed by atoms with van der Waals surface area (Å²) in [5, 5.41) is 16.4. The standard InChI is InChI=1S/C16H23N3O3/c1-15(2,3)19-12(10-4-5-10)8-11(18-19)13(20)17-9-16(6-7-16)14(21)22/h8,10H,4-7,9H2,1-3H3,(H,17,20)(H,21,22). The molecule has 22 heavy (non-hydrogen) atoms. The van der Waals surface area contributed by atoms with E-state index in [2.05, 4.69) is 31.2 Å². The van der Waals surface area contributed by atoms with E-state index in [1.807, 2.05) is 10.7 Å². The average molecular weight is 305 g/mol. The molecular weight excluding hydrogens is 282 g/mol. The van der Waals surface area contributed by atoms with Crippen LogP contribution in [0.25, 0.3) is 0 Å². The normalized spacial score (nSPS) is 19.8. The monoisotopic (exact) mass is 305 g/mol. The number of carboxylic acids is 1. The van der Waals surface area contributed by atoms with Crippen molar-refractivity contribution >= 4 is 11.9 Å². The number of nitrogens with zero attached hydrogens (tertiary/aromatic N) is 2. The fourth-order valence-corrected chi connectivity index (χ4v) is 2.67. The van der Waals surface area contributed by atoms with Gasteiger partial charge in [0.25, 0.3) is 5.91 Å². The van der Waals surface area contributed by atoms with Gasteiger partial charge in [0.15, 0.2) is 0 Å². The molecule has 0 saturated heterocycles. The first kappa shape index (κ1) is 15.1. The second kappa shape index (κ2) is 4.83. The Labute approximate surface area is 129 Å². The van der Waals surface area contributed by atoms with Gasteiger partial charge in [0.05, 0.1) is 11.0 Å². The lowest BCUT2D eigenvalue weighted by atomic mass is 10.1. The third-order valence-electron chi connectivity index (χ3n) is 4.50. The van der Waals surface area contributed by atoms with Gasteiger partial charge in [-0.05, 0) is 52.5 Å². The Kier molecular flexibility index (Phi) is 3.30. The van der Waals surface area contributed by atoms with Crippen LogP contribution in [0.3, 0.4) is 0 Å². The first-order valence-corrected chi connectivity index (χ1v) is 7.85. The van der Waals surface area contributed by atoms with Crippen LogP contribution in [0, 0.1) is 5.41 Å². The van der Waals surface area contributed by atoms with Crippen LogP contribution in [0.15, 0.2) is 6.07 Å². The molecule has 0 bridgehead atoms. The Morgan fingerprint density at radius 3 is 2.50 bits per heavy atom. The van der Waals surface area contributed by atoms with Gasteiger partial charge in [-0.2, -0.15) is 5.10 Å². The molecular formula is C16H23N3O3. The molecule has 0 radical (unpaired) electrons. The quantitative estimate of drug-likeness (QED) is 0.872. The third-order valence-corrected chi connectivity index (χ3v) is 4.50. The highest BCUT2D eigenvalue weighted by atomic mass is 16.4.